The molecule has 1 unspecified atom stereocenters. The number of aliphatic carboxylic acids is 1. The standard InChI is InChI=1S/C15H15BrClNO2S.C15H13BrClNO2S.C4H10O.C2H4O2.Zn/c2*1-3-20-14(19)7-13(15-18-8-9(2)21-15)10-4-11(16)6-12(17)5-10;1-3-5-4-2;1-2(3)4;/h4-6,8,13H,3,7H2,1-2H3;4-8H,3H2,1-2H3;3-4H2,1-2H3;1H3,(H,3,4);/b;13-7-;;;. The Hall–Kier alpha value is -2.03. The van der Waals surface area contributed by atoms with E-state index in [-0.39, 0.29) is 37.8 Å². The molecule has 52 heavy (non-hydrogen) atoms. The molecule has 0 radical (unpaired) electrons. The van der Waals surface area contributed by atoms with Crippen LogP contribution in [0.3, 0.4) is 0 Å². The van der Waals surface area contributed by atoms with Crippen LogP contribution in [-0.2, 0) is 48.1 Å². The minimum Gasteiger partial charge on any atom is -0.481 e. The van der Waals surface area contributed by atoms with Crippen molar-refractivity contribution in [1.82, 2.24) is 9.97 Å². The maximum Gasteiger partial charge on any atom is 0.331 e. The van der Waals surface area contributed by atoms with Crippen LogP contribution in [0.5, 0.6) is 0 Å². The first-order chi connectivity index (χ1) is 24.1. The van der Waals surface area contributed by atoms with Gasteiger partial charge in [0.05, 0.1) is 19.6 Å². The second-order valence-electron chi connectivity index (χ2n) is 10.1. The number of carbonyl (C=O) groups excluding carboxylic acids is 2. The first kappa shape index (κ1) is 50.0. The number of carboxylic acid groups (broad SMARTS) is 1. The molecule has 0 aliphatic carbocycles. The third kappa shape index (κ3) is 20.4. The zero-order valence-electron chi connectivity index (χ0n) is 30.1. The quantitative estimate of drug-likeness (QED) is 0.0888. The molecule has 1 atom stereocenters. The summed E-state index contributed by atoms with van der Waals surface area (Å²) in [6.07, 6.45) is 5.31. The van der Waals surface area contributed by atoms with Crippen LogP contribution in [0.2, 0.25) is 10.0 Å². The molecule has 16 heteroatoms. The van der Waals surface area contributed by atoms with Crippen molar-refractivity contribution in [2.45, 2.75) is 60.8 Å². The van der Waals surface area contributed by atoms with E-state index in [1.807, 2.05) is 58.2 Å². The van der Waals surface area contributed by atoms with Crippen molar-refractivity contribution in [2.75, 3.05) is 26.4 Å². The summed E-state index contributed by atoms with van der Waals surface area (Å²) in [5, 5.41) is 10.3. The number of benzene rings is 2. The first-order valence-electron chi connectivity index (χ1n) is 15.7. The molecule has 4 aromatic rings. The normalized spacial score (nSPS) is 10.9. The van der Waals surface area contributed by atoms with Gasteiger partial charge in [0.1, 0.15) is 10.0 Å². The van der Waals surface area contributed by atoms with E-state index >= 15 is 0 Å². The molecule has 2 heterocycles. The van der Waals surface area contributed by atoms with Crippen molar-refractivity contribution in [3.8, 4) is 0 Å². The SMILES string of the molecule is CC(=O)O.CCOC(=O)/C=C(/c1cc(Cl)cc(Br)c1)c1ncc(C)s1.CCOC(=O)CC(c1cc(Cl)cc(Br)c1)c1ncc(C)s1.CCOCC.[Zn]. The predicted octanol–water partition coefficient (Wildman–Crippen LogP) is 10.9. The van der Waals surface area contributed by atoms with Gasteiger partial charge in [-0.05, 0) is 89.1 Å². The smallest absolute Gasteiger partial charge is 0.331 e. The van der Waals surface area contributed by atoms with Gasteiger partial charge in [-0.15, -0.1) is 22.7 Å². The van der Waals surface area contributed by atoms with Crippen molar-refractivity contribution < 1.29 is 53.2 Å². The Morgan fingerprint density at radius 2 is 1.37 bits per heavy atom. The first-order valence-corrected chi connectivity index (χ1v) is 19.7. The van der Waals surface area contributed by atoms with E-state index in [2.05, 4.69) is 41.8 Å². The second kappa shape index (κ2) is 27.5. The number of aromatic nitrogens is 2. The van der Waals surface area contributed by atoms with Gasteiger partial charge < -0.3 is 19.3 Å². The zero-order valence-corrected chi connectivity index (χ0v) is 39.4. The van der Waals surface area contributed by atoms with Crippen LogP contribution in [0, 0.1) is 13.8 Å². The number of thiazole rings is 2. The number of esters is 2. The Bertz CT molecular complexity index is 1690. The maximum absolute atomic E-state index is 11.9. The topological polar surface area (TPSA) is 125 Å². The third-order valence-electron chi connectivity index (χ3n) is 5.88. The number of nitrogens with zero attached hydrogens (tertiary/aromatic N) is 2. The molecule has 4 rings (SSSR count). The number of hydrogen-bond acceptors (Lipinski definition) is 10. The van der Waals surface area contributed by atoms with Crippen molar-refractivity contribution in [3.05, 3.63) is 105 Å². The summed E-state index contributed by atoms with van der Waals surface area (Å²) in [4.78, 5) is 43.6. The largest absolute Gasteiger partial charge is 0.481 e. The molecule has 2 aromatic carbocycles. The average Bonchev–Trinajstić information content (AvgIpc) is 3.66. The number of ether oxygens (including phenoxy) is 3. The zero-order chi connectivity index (χ0) is 38.5. The summed E-state index contributed by atoms with van der Waals surface area (Å²) in [5.41, 5.74) is 2.48. The number of carboxylic acids is 1. The molecule has 0 fully saturated rings. The van der Waals surface area contributed by atoms with Gasteiger partial charge in [0.15, 0.2) is 0 Å². The Balaban J connectivity index is 0.000000799. The number of rotatable bonds is 11. The Morgan fingerprint density at radius 3 is 1.81 bits per heavy atom. The van der Waals surface area contributed by atoms with E-state index in [1.165, 1.54) is 17.4 Å². The van der Waals surface area contributed by atoms with E-state index < -0.39 is 11.9 Å². The minimum absolute atomic E-state index is 0. The number of halogens is 4. The van der Waals surface area contributed by atoms with Gasteiger partial charge in [0.2, 0.25) is 0 Å². The van der Waals surface area contributed by atoms with Crippen LogP contribution >= 0.6 is 77.7 Å². The van der Waals surface area contributed by atoms with Gasteiger partial charge in [-0.2, -0.15) is 0 Å². The second-order valence-corrected chi connectivity index (χ2v) is 15.3. The Labute approximate surface area is 353 Å². The van der Waals surface area contributed by atoms with Gasteiger partial charge in [-0.3, -0.25) is 9.59 Å². The van der Waals surface area contributed by atoms with E-state index in [0.29, 0.717) is 28.8 Å². The summed E-state index contributed by atoms with van der Waals surface area (Å²) < 4.78 is 16.6. The molecule has 0 spiro atoms. The summed E-state index contributed by atoms with van der Waals surface area (Å²) in [6.45, 7) is 15.0. The fourth-order valence-corrected chi connectivity index (χ4v) is 7.46. The van der Waals surface area contributed by atoms with E-state index in [9.17, 15) is 9.59 Å². The van der Waals surface area contributed by atoms with E-state index in [0.717, 1.165) is 60.0 Å². The summed E-state index contributed by atoms with van der Waals surface area (Å²) in [7, 11) is 0. The van der Waals surface area contributed by atoms with Gasteiger partial charge in [-0.1, -0.05) is 55.1 Å². The summed E-state index contributed by atoms with van der Waals surface area (Å²) >= 11 is 22.2. The van der Waals surface area contributed by atoms with Crippen LogP contribution in [0.4, 0.5) is 0 Å². The molecule has 2 aromatic heterocycles. The van der Waals surface area contributed by atoms with Crippen LogP contribution < -0.4 is 0 Å². The van der Waals surface area contributed by atoms with Crippen molar-refractivity contribution >= 4 is 101 Å². The minimum atomic E-state index is -0.833. The fraction of sp³-hybridized carbons (Fsp3) is 0.361. The summed E-state index contributed by atoms with van der Waals surface area (Å²) in [6, 6.07) is 11.1. The maximum atomic E-state index is 11.9. The van der Waals surface area contributed by atoms with Crippen LogP contribution in [0.15, 0.2) is 63.8 Å². The van der Waals surface area contributed by atoms with Gasteiger partial charge in [0, 0.05) is 98.3 Å². The summed E-state index contributed by atoms with van der Waals surface area (Å²) in [5.74, 6) is -1.60. The Morgan fingerprint density at radius 1 is 0.827 bits per heavy atom. The van der Waals surface area contributed by atoms with Crippen LogP contribution in [-0.4, -0.2) is 59.4 Å². The predicted molar refractivity (Wildman–Crippen MR) is 214 cm³/mol. The molecule has 9 nitrogen and oxygen atoms in total. The molecule has 0 bridgehead atoms. The molecule has 0 saturated carbocycles. The van der Waals surface area contributed by atoms with E-state index in [1.54, 1.807) is 43.5 Å². The van der Waals surface area contributed by atoms with Crippen molar-refractivity contribution in [3.63, 3.8) is 0 Å². The Kier molecular flexibility index (Phi) is 26.5. The van der Waals surface area contributed by atoms with Crippen molar-refractivity contribution in [1.29, 1.82) is 0 Å². The van der Waals surface area contributed by atoms with Crippen LogP contribution in [0.25, 0.3) is 5.57 Å². The molecule has 0 amide bonds. The van der Waals surface area contributed by atoms with E-state index in [4.69, 9.17) is 47.3 Å². The van der Waals surface area contributed by atoms with Crippen LogP contribution in [0.1, 0.15) is 77.9 Å². The monoisotopic (exact) mass is 970 g/mol. The van der Waals surface area contributed by atoms with Gasteiger partial charge in [-0.25, -0.2) is 14.8 Å². The molecule has 0 aliphatic heterocycles. The number of hydrogen-bond donors (Lipinski definition) is 1. The van der Waals surface area contributed by atoms with Crippen molar-refractivity contribution in [2.24, 2.45) is 0 Å². The average molecular weight is 975 g/mol. The molecule has 1 N–H and O–H groups in total. The third-order valence-corrected chi connectivity index (χ3v) is 9.21. The molecule has 0 aliphatic rings. The fourth-order valence-electron chi connectivity index (χ4n) is 4.01. The number of aryl methyl sites for hydroxylation is 2. The number of carbonyl (C=O) groups is 3. The molecular formula is C36H42Br2Cl2N2O7S2Zn. The molecule has 280 valence electrons. The molecular weight excluding hydrogens is 933 g/mol. The van der Waals surface area contributed by atoms with Gasteiger partial charge in [0.25, 0.3) is 5.97 Å². The molecule has 0 saturated heterocycles. The van der Waals surface area contributed by atoms with Gasteiger partial charge >= 0.3 is 11.9 Å².